The van der Waals surface area contributed by atoms with Crippen molar-refractivity contribution in [1.82, 2.24) is 4.90 Å². The van der Waals surface area contributed by atoms with E-state index in [0.717, 1.165) is 46.3 Å². The summed E-state index contributed by atoms with van der Waals surface area (Å²) in [5, 5.41) is 17.7. The number of nitro groups is 1. The Morgan fingerprint density at radius 2 is 1.76 bits per heavy atom. The van der Waals surface area contributed by atoms with Crippen LogP contribution in [0.4, 0.5) is 17.1 Å². The highest BCUT2D eigenvalue weighted by atomic mass is 32.2. The largest absolute Gasteiger partial charge is 0.340 e. The Kier molecular flexibility index (Phi) is 8.53. The molecule has 2 N–H and O–H groups in total. The lowest BCUT2D eigenvalue weighted by molar-refractivity contribution is -0.384. The maximum Gasteiger partial charge on any atom is 0.269 e. The molecule has 5 rings (SSSR count). The summed E-state index contributed by atoms with van der Waals surface area (Å²) in [6.45, 7) is 6.67. The number of hydrogen-bond acceptors (Lipinski definition) is 7. The van der Waals surface area contributed by atoms with Crippen LogP contribution in [-0.2, 0) is 9.59 Å². The first-order valence-electron chi connectivity index (χ1n) is 13.6. The lowest BCUT2D eigenvalue weighted by Crippen LogP contribution is -2.43. The average Bonchev–Trinajstić information content (AvgIpc) is 2.97. The molecule has 214 valence electrons. The molecule has 10 heteroatoms. The van der Waals surface area contributed by atoms with Crippen LogP contribution in [0.2, 0.25) is 0 Å². The molecule has 2 aliphatic heterocycles. The van der Waals surface area contributed by atoms with E-state index < -0.39 is 4.92 Å². The molecule has 0 radical (unpaired) electrons. The van der Waals surface area contributed by atoms with Crippen molar-refractivity contribution in [2.75, 3.05) is 22.9 Å². The third kappa shape index (κ3) is 6.44. The molecule has 0 bridgehead atoms. The minimum absolute atomic E-state index is 0.00728. The van der Waals surface area contributed by atoms with Gasteiger partial charge in [-0.1, -0.05) is 41.6 Å². The fourth-order valence-corrected chi connectivity index (χ4v) is 6.08. The summed E-state index contributed by atoms with van der Waals surface area (Å²) in [6.07, 6.45) is 3.96. The number of nitro benzene ring substituents is 1. The summed E-state index contributed by atoms with van der Waals surface area (Å²) in [4.78, 5) is 43.7. The second kappa shape index (κ2) is 12.4. The molecule has 3 aromatic rings. The number of aliphatic imine (C=N–C) groups is 1. The van der Waals surface area contributed by atoms with Crippen LogP contribution in [0.5, 0.6) is 0 Å². The van der Waals surface area contributed by atoms with Crippen LogP contribution >= 0.6 is 11.8 Å². The zero-order valence-electron chi connectivity index (χ0n) is 23.6. The van der Waals surface area contributed by atoms with Crippen LogP contribution in [0.15, 0.2) is 89.1 Å². The zero-order valence-corrected chi connectivity index (χ0v) is 24.4. The molecule has 0 saturated carbocycles. The van der Waals surface area contributed by atoms with Crippen LogP contribution in [0.3, 0.4) is 0 Å². The van der Waals surface area contributed by atoms with Crippen LogP contribution in [0, 0.1) is 24.0 Å². The number of nitrogens with zero attached hydrogens (tertiary/aromatic N) is 3. The van der Waals surface area contributed by atoms with Crippen molar-refractivity contribution in [3.63, 3.8) is 0 Å². The number of non-ortho nitro benzene ring substituents is 1. The number of fused-ring (bicyclic) bond motifs is 1. The van der Waals surface area contributed by atoms with Crippen LogP contribution in [0.1, 0.15) is 41.6 Å². The molecule has 42 heavy (non-hydrogen) atoms. The van der Waals surface area contributed by atoms with Crippen molar-refractivity contribution in [1.29, 1.82) is 0 Å². The maximum absolute atomic E-state index is 13.8. The Bertz CT molecular complexity index is 1630. The van der Waals surface area contributed by atoms with E-state index in [0.29, 0.717) is 22.5 Å². The first kappa shape index (κ1) is 28.8. The molecule has 2 amide bonds. The predicted octanol–water partition coefficient (Wildman–Crippen LogP) is 6.63. The Morgan fingerprint density at radius 3 is 2.45 bits per heavy atom. The van der Waals surface area contributed by atoms with E-state index in [4.69, 9.17) is 4.99 Å². The maximum atomic E-state index is 13.8. The van der Waals surface area contributed by atoms with Crippen molar-refractivity contribution in [2.45, 2.75) is 33.2 Å². The molecule has 1 unspecified atom stereocenters. The van der Waals surface area contributed by atoms with Gasteiger partial charge in [0.15, 0.2) is 5.17 Å². The molecule has 1 saturated heterocycles. The summed E-state index contributed by atoms with van der Waals surface area (Å²) in [7, 11) is 0. The molecular formula is C32H31N5O4S. The first-order valence-corrected chi connectivity index (χ1v) is 14.6. The number of amides is 2. The predicted molar refractivity (Wildman–Crippen MR) is 168 cm³/mol. The van der Waals surface area contributed by atoms with Gasteiger partial charge in [0.1, 0.15) is 0 Å². The Labute approximate surface area is 248 Å². The van der Waals surface area contributed by atoms with Gasteiger partial charge in [0.2, 0.25) is 5.91 Å². The molecular weight excluding hydrogens is 550 g/mol. The number of rotatable bonds is 7. The highest BCUT2D eigenvalue weighted by molar-refractivity contribution is 8.13. The average molecular weight is 582 g/mol. The Morgan fingerprint density at radius 1 is 1.02 bits per heavy atom. The van der Waals surface area contributed by atoms with Gasteiger partial charge in [-0.05, 0) is 80.3 Å². The van der Waals surface area contributed by atoms with Gasteiger partial charge in [0.05, 0.1) is 22.2 Å². The Balaban J connectivity index is 1.35. The number of carbonyl (C=O) groups excluding carboxylic acids is 2. The third-order valence-electron chi connectivity index (χ3n) is 7.16. The quantitative estimate of drug-likeness (QED) is 0.184. The fourth-order valence-electron chi connectivity index (χ4n) is 5.06. The molecule has 0 aliphatic carbocycles. The topological polar surface area (TPSA) is 117 Å². The molecule has 0 aromatic heterocycles. The zero-order chi connectivity index (χ0) is 29.8. The number of aryl methyl sites for hydroxylation is 2. The molecule has 0 spiro atoms. The van der Waals surface area contributed by atoms with Crippen molar-refractivity contribution in [3.05, 3.63) is 116 Å². The highest BCUT2D eigenvalue weighted by Crippen LogP contribution is 2.40. The number of thioether (sulfide) groups is 1. The number of amidine groups is 1. The van der Waals surface area contributed by atoms with E-state index in [1.54, 1.807) is 30.0 Å². The molecule has 1 fully saturated rings. The minimum atomic E-state index is -0.466. The molecule has 9 nitrogen and oxygen atoms in total. The fraction of sp³-hybridized carbons (Fsp3) is 0.219. The number of nitrogens with one attached hydrogen (secondary N) is 2. The number of hydrogen-bond donors (Lipinski definition) is 2. The number of allylic oxidation sites excluding steroid dienone is 1. The number of anilines is 2. The molecule has 3 aromatic carbocycles. The van der Waals surface area contributed by atoms with Gasteiger partial charge in [0, 0.05) is 41.9 Å². The molecule has 1 atom stereocenters. The van der Waals surface area contributed by atoms with Gasteiger partial charge in [0.25, 0.3) is 11.6 Å². The summed E-state index contributed by atoms with van der Waals surface area (Å²) in [6, 6.07) is 19.1. The lowest BCUT2D eigenvalue weighted by atomic mass is 9.93. The van der Waals surface area contributed by atoms with E-state index in [1.807, 2.05) is 63.2 Å². The van der Waals surface area contributed by atoms with Gasteiger partial charge < -0.3 is 15.5 Å². The summed E-state index contributed by atoms with van der Waals surface area (Å²) in [5.41, 5.74) is 6.39. The minimum Gasteiger partial charge on any atom is -0.340 e. The summed E-state index contributed by atoms with van der Waals surface area (Å²) < 4.78 is 0. The standard InChI is InChI=1S/C32H31N5O4S/c1-20-5-15-27(21(2)19-20)35-31(39)29-22(3)33-32-36(17-4-18-42-32)30(29)24-9-11-25(12-10-24)34-28(38)16-8-23-6-13-26(14-7-23)37(40)41/h5-16,19,30H,4,17-18H2,1-3H3,(H,34,38)(H,35,39)/b16-8+. The van der Waals surface area contributed by atoms with E-state index in [2.05, 4.69) is 15.5 Å². The van der Waals surface area contributed by atoms with Crippen molar-refractivity contribution in [2.24, 2.45) is 4.99 Å². The van der Waals surface area contributed by atoms with Crippen LogP contribution in [-0.4, -0.2) is 39.1 Å². The van der Waals surface area contributed by atoms with E-state index in [9.17, 15) is 19.7 Å². The van der Waals surface area contributed by atoms with Gasteiger partial charge in [-0.25, -0.2) is 4.99 Å². The lowest BCUT2D eigenvalue weighted by Gasteiger charge is -2.41. The van der Waals surface area contributed by atoms with Gasteiger partial charge >= 0.3 is 0 Å². The Hall–Kier alpha value is -4.70. The van der Waals surface area contributed by atoms with Crippen molar-refractivity contribution < 1.29 is 14.5 Å². The molecule has 2 heterocycles. The van der Waals surface area contributed by atoms with Crippen LogP contribution < -0.4 is 10.6 Å². The third-order valence-corrected chi connectivity index (χ3v) is 8.24. The van der Waals surface area contributed by atoms with Crippen molar-refractivity contribution >= 4 is 51.9 Å². The van der Waals surface area contributed by atoms with Crippen LogP contribution in [0.25, 0.3) is 6.08 Å². The van der Waals surface area contributed by atoms with E-state index in [1.165, 1.54) is 18.2 Å². The second-order valence-corrected chi connectivity index (χ2v) is 11.3. The SMILES string of the molecule is CC1=C(C(=O)Nc2ccc(C)cc2C)C(c2ccc(NC(=O)/C=C/c3ccc([N+](=O)[O-])cc3)cc2)N2CCCSC2=N1. The second-order valence-electron chi connectivity index (χ2n) is 10.3. The highest BCUT2D eigenvalue weighted by Gasteiger charge is 2.37. The first-order chi connectivity index (χ1) is 20.2. The van der Waals surface area contributed by atoms with Gasteiger partial charge in [-0.3, -0.25) is 19.7 Å². The smallest absolute Gasteiger partial charge is 0.269 e. The van der Waals surface area contributed by atoms with Gasteiger partial charge in [-0.2, -0.15) is 0 Å². The molecule has 2 aliphatic rings. The van der Waals surface area contributed by atoms with E-state index in [-0.39, 0.29) is 23.5 Å². The number of carbonyl (C=O) groups is 2. The summed E-state index contributed by atoms with van der Waals surface area (Å²) in [5.74, 6) is 0.471. The monoisotopic (exact) mass is 581 g/mol. The van der Waals surface area contributed by atoms with E-state index >= 15 is 0 Å². The summed E-state index contributed by atoms with van der Waals surface area (Å²) >= 11 is 1.70. The van der Waals surface area contributed by atoms with Gasteiger partial charge in [-0.15, -0.1) is 0 Å². The normalized spacial score (nSPS) is 16.6. The van der Waals surface area contributed by atoms with Crippen molar-refractivity contribution in [3.8, 4) is 0 Å². The number of benzene rings is 3.